The minimum absolute atomic E-state index is 0.0191. The van der Waals surface area contributed by atoms with Crippen LogP contribution in [0.3, 0.4) is 0 Å². The third kappa shape index (κ3) is 5.49. The Balaban J connectivity index is 1.05. The summed E-state index contributed by atoms with van der Waals surface area (Å²) in [6.07, 6.45) is 0. The molecule has 0 unspecified atom stereocenters. The van der Waals surface area contributed by atoms with Crippen molar-refractivity contribution in [1.82, 2.24) is 19.1 Å². The number of nitrogens with zero attached hydrogens (tertiary/aromatic N) is 4. The number of aromatic nitrogens is 4. The van der Waals surface area contributed by atoms with Crippen molar-refractivity contribution in [3.63, 3.8) is 0 Å². The van der Waals surface area contributed by atoms with Gasteiger partial charge in [0, 0.05) is 30.8 Å². The summed E-state index contributed by atoms with van der Waals surface area (Å²) in [4.78, 5) is 22.4. The molecule has 0 amide bonds. The predicted octanol–water partition coefficient (Wildman–Crippen LogP) is 10.8. The summed E-state index contributed by atoms with van der Waals surface area (Å²) in [6.45, 7) is 0. The average Bonchev–Trinajstić information content (AvgIpc) is 3.44. The molecule has 5 heteroatoms. The topological polar surface area (TPSA) is 52.7 Å². The van der Waals surface area contributed by atoms with Crippen LogP contribution in [0.4, 0.5) is 0 Å². The van der Waals surface area contributed by atoms with Crippen molar-refractivity contribution in [1.29, 1.82) is 0 Å². The molecule has 0 saturated heterocycles. The molecule has 0 saturated carbocycles. The monoisotopic (exact) mass is 670 g/mol. The van der Waals surface area contributed by atoms with Crippen LogP contribution < -0.4 is 5.69 Å². The number of rotatable bonds is 6. The Hall–Kier alpha value is -6.85. The fraction of sp³-hybridized carbons (Fsp3) is 0.0426. The van der Waals surface area contributed by atoms with Crippen LogP contribution in [0.15, 0.2) is 175 Å². The highest BCUT2D eigenvalue weighted by Crippen LogP contribution is 2.37. The van der Waals surface area contributed by atoms with Crippen LogP contribution in [0.1, 0.15) is 0 Å². The van der Waals surface area contributed by atoms with E-state index in [4.69, 9.17) is 9.97 Å². The second-order valence-electron chi connectivity index (χ2n) is 13.2. The molecule has 2 aromatic heterocycles. The van der Waals surface area contributed by atoms with Crippen LogP contribution in [-0.2, 0) is 14.1 Å². The molecule has 52 heavy (non-hydrogen) atoms. The van der Waals surface area contributed by atoms with Gasteiger partial charge < -0.3 is 0 Å². The Morgan fingerprint density at radius 2 is 0.827 bits per heavy atom. The van der Waals surface area contributed by atoms with Gasteiger partial charge in [-0.15, -0.1) is 0 Å². The second-order valence-corrected chi connectivity index (χ2v) is 13.2. The number of fused-ring (bicyclic) bond motifs is 2. The zero-order valence-corrected chi connectivity index (χ0v) is 28.9. The van der Waals surface area contributed by atoms with Crippen LogP contribution >= 0.6 is 0 Å². The van der Waals surface area contributed by atoms with Crippen molar-refractivity contribution in [3.8, 4) is 67.3 Å². The lowest BCUT2D eigenvalue weighted by molar-refractivity contribution is 0.795. The summed E-state index contributed by atoms with van der Waals surface area (Å²) in [7, 11) is 3.63. The zero-order valence-electron chi connectivity index (χ0n) is 28.9. The Morgan fingerprint density at radius 1 is 0.385 bits per heavy atom. The lowest BCUT2D eigenvalue weighted by atomic mass is 9.91. The Bertz CT molecular complexity index is 2740. The van der Waals surface area contributed by atoms with Gasteiger partial charge in [-0.1, -0.05) is 152 Å². The Morgan fingerprint density at radius 3 is 1.40 bits per heavy atom. The fourth-order valence-electron chi connectivity index (χ4n) is 7.22. The lowest BCUT2D eigenvalue weighted by Crippen LogP contribution is -2.19. The molecule has 0 aliphatic carbocycles. The van der Waals surface area contributed by atoms with E-state index in [2.05, 4.69) is 127 Å². The zero-order chi connectivity index (χ0) is 35.2. The van der Waals surface area contributed by atoms with Gasteiger partial charge in [0.05, 0.1) is 22.4 Å². The highest BCUT2D eigenvalue weighted by atomic mass is 16.1. The molecule has 0 aliphatic heterocycles. The van der Waals surface area contributed by atoms with Crippen molar-refractivity contribution in [3.05, 3.63) is 180 Å². The first-order chi connectivity index (χ1) is 25.5. The Labute approximate surface area is 301 Å². The fourth-order valence-corrected chi connectivity index (χ4v) is 7.22. The summed E-state index contributed by atoms with van der Waals surface area (Å²) in [5.74, 6) is 0.708. The van der Waals surface area contributed by atoms with Gasteiger partial charge in [0.15, 0.2) is 5.82 Å². The van der Waals surface area contributed by atoms with E-state index in [0.717, 1.165) is 61.4 Å². The Kier molecular flexibility index (Phi) is 7.67. The van der Waals surface area contributed by atoms with Gasteiger partial charge in [-0.3, -0.25) is 9.13 Å². The molecule has 5 nitrogen and oxygen atoms in total. The number of benzene rings is 7. The molecule has 0 N–H and O–H groups in total. The third-order valence-corrected chi connectivity index (χ3v) is 10.0. The van der Waals surface area contributed by atoms with E-state index < -0.39 is 0 Å². The van der Waals surface area contributed by atoms with Gasteiger partial charge in [-0.2, -0.15) is 0 Å². The normalized spacial score (nSPS) is 11.3. The molecule has 0 spiro atoms. The third-order valence-electron chi connectivity index (χ3n) is 10.0. The summed E-state index contributed by atoms with van der Waals surface area (Å²) >= 11 is 0. The molecule has 9 aromatic rings. The van der Waals surface area contributed by atoms with E-state index in [1.807, 2.05) is 56.6 Å². The van der Waals surface area contributed by atoms with E-state index in [1.165, 1.54) is 21.9 Å². The van der Waals surface area contributed by atoms with E-state index in [-0.39, 0.29) is 5.69 Å². The molecule has 0 bridgehead atoms. The molecule has 0 atom stereocenters. The summed E-state index contributed by atoms with van der Waals surface area (Å²) in [5, 5.41) is 2.40. The first-order valence-corrected chi connectivity index (χ1v) is 17.4. The number of imidazole rings is 1. The lowest BCUT2D eigenvalue weighted by Gasteiger charge is -2.14. The minimum atomic E-state index is -0.0191. The van der Waals surface area contributed by atoms with Gasteiger partial charge in [0.2, 0.25) is 0 Å². The van der Waals surface area contributed by atoms with E-state index in [0.29, 0.717) is 5.82 Å². The first kappa shape index (κ1) is 31.2. The first-order valence-electron chi connectivity index (χ1n) is 17.4. The van der Waals surface area contributed by atoms with Crippen LogP contribution in [0.2, 0.25) is 0 Å². The molecular weight excluding hydrogens is 637 g/mol. The van der Waals surface area contributed by atoms with Gasteiger partial charge in [0.25, 0.3) is 0 Å². The molecule has 9 rings (SSSR count). The molecule has 2 heterocycles. The predicted molar refractivity (Wildman–Crippen MR) is 214 cm³/mol. The van der Waals surface area contributed by atoms with Crippen molar-refractivity contribution in [2.24, 2.45) is 14.1 Å². The maximum atomic E-state index is 12.5. The van der Waals surface area contributed by atoms with Gasteiger partial charge in [-0.25, -0.2) is 14.8 Å². The van der Waals surface area contributed by atoms with E-state index >= 15 is 0 Å². The quantitative estimate of drug-likeness (QED) is 0.177. The van der Waals surface area contributed by atoms with Gasteiger partial charge >= 0.3 is 5.69 Å². The van der Waals surface area contributed by atoms with Gasteiger partial charge in [-0.05, 0) is 62.4 Å². The maximum Gasteiger partial charge on any atom is 0.328 e. The molecular formula is C47H34N4O. The van der Waals surface area contributed by atoms with Crippen LogP contribution in [-0.4, -0.2) is 19.1 Å². The van der Waals surface area contributed by atoms with Crippen LogP contribution in [0.5, 0.6) is 0 Å². The molecule has 0 radical (unpaired) electrons. The van der Waals surface area contributed by atoms with Crippen molar-refractivity contribution in [2.45, 2.75) is 0 Å². The van der Waals surface area contributed by atoms with E-state index in [1.54, 1.807) is 9.13 Å². The smallest absolute Gasteiger partial charge is 0.295 e. The average molecular weight is 671 g/mol. The van der Waals surface area contributed by atoms with Crippen molar-refractivity contribution in [2.75, 3.05) is 0 Å². The minimum Gasteiger partial charge on any atom is -0.295 e. The van der Waals surface area contributed by atoms with Crippen molar-refractivity contribution < 1.29 is 0 Å². The SMILES string of the molecule is Cn1c(=O)n(C)c2cc(-c3ccc(-c4ccc(-c5ccc(-c6cc(-c7ccccc7)nc(-c7ccccc7)n6)cc5)c5ccccc45)cc3)ccc21. The van der Waals surface area contributed by atoms with Crippen LogP contribution in [0.25, 0.3) is 89.1 Å². The highest BCUT2D eigenvalue weighted by molar-refractivity contribution is 6.05. The summed E-state index contributed by atoms with van der Waals surface area (Å²) < 4.78 is 3.39. The van der Waals surface area contributed by atoms with Gasteiger partial charge in [0.1, 0.15) is 0 Å². The number of hydrogen-bond acceptors (Lipinski definition) is 3. The highest BCUT2D eigenvalue weighted by Gasteiger charge is 2.14. The standard InChI is InChI=1S/C47H34N4O/c1-50-44-28-25-37(29-45(44)51(2)47(50)52)31-17-19-32(20-18-31)38-26-27-39(41-16-10-9-15-40(38)41)33-21-23-35(24-22-33)43-30-42(34-11-5-3-6-12-34)48-46(49-43)36-13-7-4-8-14-36/h3-30H,1-2H3. The molecule has 248 valence electrons. The maximum absolute atomic E-state index is 12.5. The van der Waals surface area contributed by atoms with Crippen molar-refractivity contribution >= 4 is 21.8 Å². The summed E-state index contributed by atoms with van der Waals surface area (Å²) in [6, 6.07) is 59.2. The number of aryl methyl sites for hydroxylation is 2. The van der Waals surface area contributed by atoms with E-state index in [9.17, 15) is 4.79 Å². The number of hydrogen-bond donors (Lipinski definition) is 0. The molecule has 0 aliphatic rings. The largest absolute Gasteiger partial charge is 0.328 e. The molecule has 7 aromatic carbocycles. The molecule has 0 fully saturated rings. The summed E-state index contributed by atoms with van der Waals surface area (Å²) in [5.41, 5.74) is 13.6. The second kappa shape index (κ2) is 12.8. The van der Waals surface area contributed by atoms with Crippen LogP contribution in [0, 0.1) is 0 Å².